The summed E-state index contributed by atoms with van der Waals surface area (Å²) in [6.07, 6.45) is 25.4. The first-order valence-corrected chi connectivity index (χ1v) is 13.3. The third-order valence-electron chi connectivity index (χ3n) is 6.56. The van der Waals surface area contributed by atoms with Crippen LogP contribution in [0.4, 0.5) is 0 Å². The van der Waals surface area contributed by atoms with Gasteiger partial charge in [-0.2, -0.15) is 0 Å². The van der Waals surface area contributed by atoms with Gasteiger partial charge in [0.2, 0.25) is 0 Å². The highest BCUT2D eigenvalue weighted by Gasteiger charge is 2.25. The second-order valence-electron chi connectivity index (χ2n) is 9.52. The minimum absolute atomic E-state index is 0.258. The van der Waals surface area contributed by atoms with E-state index in [1.165, 1.54) is 93.7 Å². The van der Waals surface area contributed by atoms with Crippen LogP contribution in [-0.4, -0.2) is 0 Å². The van der Waals surface area contributed by atoms with Crippen LogP contribution < -0.4 is 0 Å². The van der Waals surface area contributed by atoms with E-state index in [2.05, 4.69) is 89.4 Å². The van der Waals surface area contributed by atoms with Crippen LogP contribution in [0.25, 0.3) is 5.57 Å². The van der Waals surface area contributed by atoms with Crippen LogP contribution in [0.2, 0.25) is 0 Å². The highest BCUT2D eigenvalue weighted by Crippen LogP contribution is 2.39. The van der Waals surface area contributed by atoms with Gasteiger partial charge in [-0.3, -0.25) is 0 Å². The Kier molecular flexibility index (Phi) is 14.8. The quantitative estimate of drug-likeness (QED) is 0.255. The van der Waals surface area contributed by atoms with Crippen molar-refractivity contribution in [1.82, 2.24) is 0 Å². The van der Waals surface area contributed by atoms with Crippen molar-refractivity contribution in [2.45, 2.75) is 111 Å². The monoisotopic (exact) mass is 434 g/mol. The maximum absolute atomic E-state index is 4.18. The summed E-state index contributed by atoms with van der Waals surface area (Å²) in [6.45, 7) is 17.2. The molecule has 178 valence electrons. The lowest BCUT2D eigenvalue weighted by Gasteiger charge is -2.31. The van der Waals surface area contributed by atoms with Gasteiger partial charge in [0.1, 0.15) is 0 Å². The van der Waals surface area contributed by atoms with E-state index in [0.29, 0.717) is 0 Å². The van der Waals surface area contributed by atoms with Gasteiger partial charge in [-0.15, -0.1) is 6.58 Å². The average Bonchev–Trinajstić information content (AvgIpc) is 2.84. The Hall–Kier alpha value is -1.82. The summed E-state index contributed by atoms with van der Waals surface area (Å²) in [5, 5.41) is 0. The molecule has 2 rings (SSSR count). The molecule has 1 aliphatic rings. The summed E-state index contributed by atoms with van der Waals surface area (Å²) in [5.74, 6) is 0. The lowest BCUT2D eigenvalue weighted by Crippen LogP contribution is -2.17. The number of aryl methyl sites for hydroxylation is 1. The zero-order valence-corrected chi connectivity index (χ0v) is 21.7. The zero-order chi connectivity index (χ0) is 23.7. The Morgan fingerprint density at radius 3 is 2.28 bits per heavy atom. The molecular weight excluding hydrogens is 384 g/mol. The molecule has 0 fully saturated rings. The molecule has 0 spiro atoms. The molecule has 1 unspecified atom stereocenters. The molecule has 0 heterocycles. The van der Waals surface area contributed by atoms with Crippen molar-refractivity contribution >= 4 is 5.57 Å². The SMILES string of the molecule is C=C(CCCC)c1cccc(CCCC)c1.C=CC1(CCCC)C=CC=C(CCCC)C1. The summed E-state index contributed by atoms with van der Waals surface area (Å²) in [5.41, 5.74) is 5.95. The Morgan fingerprint density at radius 2 is 1.62 bits per heavy atom. The zero-order valence-electron chi connectivity index (χ0n) is 21.7. The molecule has 0 aromatic heterocycles. The minimum atomic E-state index is 0.258. The number of benzene rings is 1. The van der Waals surface area contributed by atoms with Crippen LogP contribution >= 0.6 is 0 Å². The van der Waals surface area contributed by atoms with Crippen LogP contribution in [0, 0.1) is 5.41 Å². The van der Waals surface area contributed by atoms with E-state index in [1.807, 2.05) is 0 Å². The fourth-order valence-electron chi connectivity index (χ4n) is 4.27. The lowest BCUT2D eigenvalue weighted by molar-refractivity contribution is 0.416. The van der Waals surface area contributed by atoms with E-state index < -0.39 is 0 Å². The van der Waals surface area contributed by atoms with Gasteiger partial charge in [-0.05, 0) is 68.1 Å². The second-order valence-corrected chi connectivity index (χ2v) is 9.52. The molecular formula is C32H50. The number of unbranched alkanes of at least 4 members (excludes halogenated alkanes) is 4. The first-order valence-electron chi connectivity index (χ1n) is 13.3. The first kappa shape index (κ1) is 28.2. The van der Waals surface area contributed by atoms with Crippen molar-refractivity contribution in [3.63, 3.8) is 0 Å². The van der Waals surface area contributed by atoms with E-state index in [4.69, 9.17) is 0 Å². The molecule has 0 aliphatic heterocycles. The van der Waals surface area contributed by atoms with Crippen LogP contribution in [-0.2, 0) is 6.42 Å². The maximum Gasteiger partial charge on any atom is 0.00986 e. The van der Waals surface area contributed by atoms with Gasteiger partial charge in [-0.1, -0.05) is 121 Å². The Bertz CT molecular complexity index is 717. The number of allylic oxidation sites excluding steroid dienone is 6. The number of hydrogen-bond donors (Lipinski definition) is 0. The summed E-state index contributed by atoms with van der Waals surface area (Å²) < 4.78 is 0. The molecule has 0 heteroatoms. The molecule has 0 radical (unpaired) electrons. The number of rotatable bonds is 14. The van der Waals surface area contributed by atoms with Crippen molar-refractivity contribution in [3.8, 4) is 0 Å². The lowest BCUT2D eigenvalue weighted by atomic mass is 9.74. The van der Waals surface area contributed by atoms with Crippen molar-refractivity contribution in [1.29, 1.82) is 0 Å². The summed E-state index contributed by atoms with van der Waals surface area (Å²) in [6, 6.07) is 8.89. The molecule has 0 saturated heterocycles. The highest BCUT2D eigenvalue weighted by atomic mass is 14.3. The van der Waals surface area contributed by atoms with Gasteiger partial charge in [-0.25, -0.2) is 0 Å². The van der Waals surface area contributed by atoms with E-state index in [1.54, 1.807) is 5.57 Å². The summed E-state index contributed by atoms with van der Waals surface area (Å²) in [7, 11) is 0. The molecule has 0 amide bonds. The van der Waals surface area contributed by atoms with E-state index >= 15 is 0 Å². The predicted molar refractivity (Wildman–Crippen MR) is 147 cm³/mol. The Morgan fingerprint density at radius 1 is 0.938 bits per heavy atom. The Labute approximate surface area is 200 Å². The summed E-state index contributed by atoms with van der Waals surface area (Å²) in [4.78, 5) is 0. The smallest absolute Gasteiger partial charge is 0.00986 e. The molecule has 0 bridgehead atoms. The van der Waals surface area contributed by atoms with E-state index in [9.17, 15) is 0 Å². The van der Waals surface area contributed by atoms with E-state index in [0.717, 1.165) is 6.42 Å². The van der Waals surface area contributed by atoms with Gasteiger partial charge in [0.25, 0.3) is 0 Å². The van der Waals surface area contributed by atoms with Crippen LogP contribution in [0.5, 0.6) is 0 Å². The minimum Gasteiger partial charge on any atom is -0.102 e. The third kappa shape index (κ3) is 10.7. The molecule has 1 aliphatic carbocycles. The molecule has 0 nitrogen and oxygen atoms in total. The third-order valence-corrected chi connectivity index (χ3v) is 6.56. The highest BCUT2D eigenvalue weighted by molar-refractivity contribution is 5.63. The van der Waals surface area contributed by atoms with Crippen molar-refractivity contribution in [2.75, 3.05) is 0 Å². The number of hydrogen-bond acceptors (Lipinski definition) is 0. The average molecular weight is 435 g/mol. The van der Waals surface area contributed by atoms with Gasteiger partial charge in [0, 0.05) is 5.41 Å². The summed E-state index contributed by atoms with van der Waals surface area (Å²) >= 11 is 0. The molecule has 32 heavy (non-hydrogen) atoms. The van der Waals surface area contributed by atoms with Crippen molar-refractivity contribution < 1.29 is 0 Å². The second kappa shape index (κ2) is 16.8. The van der Waals surface area contributed by atoms with Gasteiger partial charge in [0.15, 0.2) is 0 Å². The van der Waals surface area contributed by atoms with E-state index in [-0.39, 0.29) is 5.41 Å². The first-order chi connectivity index (χ1) is 15.5. The Balaban J connectivity index is 0.000000320. The molecule has 0 N–H and O–H groups in total. The van der Waals surface area contributed by atoms with Gasteiger partial charge < -0.3 is 0 Å². The van der Waals surface area contributed by atoms with Crippen LogP contribution in [0.3, 0.4) is 0 Å². The van der Waals surface area contributed by atoms with Crippen molar-refractivity contribution in [3.05, 3.63) is 78.4 Å². The van der Waals surface area contributed by atoms with Crippen LogP contribution in [0.1, 0.15) is 116 Å². The molecule has 1 atom stereocenters. The largest absolute Gasteiger partial charge is 0.102 e. The van der Waals surface area contributed by atoms with Crippen LogP contribution in [0.15, 0.2) is 67.3 Å². The maximum atomic E-state index is 4.18. The topological polar surface area (TPSA) is 0 Å². The standard InChI is InChI=1S/C16H24.C16H26/c1-4-6-9-14(3)16-12-8-11-15(13-16)10-7-5-2;1-4-7-10-15-11-9-13-16(6-3,14-15)12-8-5-2/h8,11-13H,3-7,9-10H2,1-2H3;6,9,11,13H,3-5,7-8,10,12,14H2,1-2H3. The molecule has 0 saturated carbocycles. The fourth-order valence-corrected chi connectivity index (χ4v) is 4.27. The molecule has 1 aromatic carbocycles. The van der Waals surface area contributed by atoms with Crippen molar-refractivity contribution in [2.24, 2.45) is 5.41 Å². The van der Waals surface area contributed by atoms with Gasteiger partial charge >= 0.3 is 0 Å². The molecule has 1 aromatic rings. The fraction of sp³-hybridized carbons (Fsp3) is 0.562. The normalized spacial score (nSPS) is 17.3. The van der Waals surface area contributed by atoms with Gasteiger partial charge in [0.05, 0.1) is 0 Å². The predicted octanol–water partition coefficient (Wildman–Crippen LogP) is 10.7.